The van der Waals surface area contributed by atoms with Crippen LogP contribution in [0.5, 0.6) is 5.75 Å². The van der Waals surface area contributed by atoms with E-state index in [4.69, 9.17) is 9.84 Å². The molecule has 3 heterocycles. The Morgan fingerprint density at radius 1 is 0.974 bits per heavy atom. The number of non-ortho nitro benzene ring substituents is 1. The Kier molecular flexibility index (Phi) is 5.74. The maximum atomic E-state index is 13.2. The lowest BCUT2D eigenvalue weighted by Crippen LogP contribution is -2.23. The van der Waals surface area contributed by atoms with Gasteiger partial charge in [0, 0.05) is 35.0 Å². The fraction of sp³-hybridized carbons (Fsp3) is 0.0370. The molecule has 0 saturated carbocycles. The second kappa shape index (κ2) is 9.37. The number of methoxy groups -OCH3 is 1. The maximum absolute atomic E-state index is 13.2. The van der Waals surface area contributed by atoms with Crippen LogP contribution in [-0.4, -0.2) is 36.4 Å². The first-order valence-electron chi connectivity index (χ1n) is 11.5. The van der Waals surface area contributed by atoms with Crippen molar-refractivity contribution in [2.45, 2.75) is 0 Å². The Balaban J connectivity index is 1.47. The monoisotopic (exact) mass is 522 g/mol. The lowest BCUT2D eigenvalue weighted by molar-refractivity contribution is -0.384. The molecule has 11 heteroatoms. The number of nitrogens with zero attached hydrogens (tertiary/aromatic N) is 6. The number of benzene rings is 3. The number of fused-ring (bicyclic) bond motifs is 1. The number of rotatable bonds is 6. The van der Waals surface area contributed by atoms with Gasteiger partial charge in [0.15, 0.2) is 5.82 Å². The van der Waals surface area contributed by atoms with Gasteiger partial charge in [-0.25, -0.2) is 4.68 Å². The number of nitro groups is 1. The van der Waals surface area contributed by atoms with E-state index in [-0.39, 0.29) is 11.2 Å². The molecule has 6 rings (SSSR count). The van der Waals surface area contributed by atoms with E-state index >= 15 is 0 Å². The van der Waals surface area contributed by atoms with Crippen LogP contribution in [0.15, 0.2) is 89.9 Å². The van der Waals surface area contributed by atoms with Crippen LogP contribution in [0.25, 0.3) is 39.4 Å². The van der Waals surface area contributed by atoms with Gasteiger partial charge < -0.3 is 4.74 Å². The smallest absolute Gasteiger partial charge is 0.291 e. The third-order valence-electron chi connectivity index (χ3n) is 5.91. The third-order valence-corrected chi connectivity index (χ3v) is 6.87. The molecule has 38 heavy (non-hydrogen) atoms. The van der Waals surface area contributed by atoms with Gasteiger partial charge in [-0.15, -0.1) is 5.10 Å². The van der Waals surface area contributed by atoms with E-state index in [0.717, 1.165) is 11.3 Å². The van der Waals surface area contributed by atoms with E-state index in [1.807, 2.05) is 54.6 Å². The molecule has 3 aromatic heterocycles. The van der Waals surface area contributed by atoms with E-state index in [2.05, 4.69) is 10.1 Å². The zero-order valence-electron chi connectivity index (χ0n) is 19.9. The molecule has 0 saturated heterocycles. The molecule has 0 amide bonds. The van der Waals surface area contributed by atoms with Crippen LogP contribution >= 0.6 is 11.3 Å². The molecule has 3 aromatic carbocycles. The van der Waals surface area contributed by atoms with Crippen LogP contribution in [0.3, 0.4) is 0 Å². The molecule has 6 aromatic rings. The van der Waals surface area contributed by atoms with Gasteiger partial charge in [0.25, 0.3) is 11.2 Å². The minimum Gasteiger partial charge on any atom is -0.497 e. The Morgan fingerprint density at radius 3 is 2.47 bits per heavy atom. The average Bonchev–Trinajstić information content (AvgIpc) is 3.64. The fourth-order valence-electron chi connectivity index (χ4n) is 4.03. The third kappa shape index (κ3) is 4.20. The zero-order chi connectivity index (χ0) is 26.2. The zero-order valence-corrected chi connectivity index (χ0v) is 20.7. The highest BCUT2D eigenvalue weighted by Gasteiger charge is 2.16. The molecule has 0 unspecified atom stereocenters. The molecule has 0 aliphatic carbocycles. The molecule has 0 aliphatic heterocycles. The van der Waals surface area contributed by atoms with E-state index in [1.54, 1.807) is 36.2 Å². The van der Waals surface area contributed by atoms with Gasteiger partial charge >= 0.3 is 0 Å². The van der Waals surface area contributed by atoms with Gasteiger partial charge in [0.1, 0.15) is 11.4 Å². The van der Waals surface area contributed by atoms with Crippen molar-refractivity contribution in [1.82, 2.24) is 24.4 Å². The Hall–Kier alpha value is -5.16. The number of para-hydroxylation sites is 1. The van der Waals surface area contributed by atoms with Crippen molar-refractivity contribution >= 4 is 28.1 Å². The van der Waals surface area contributed by atoms with Crippen molar-refractivity contribution in [2.75, 3.05) is 7.11 Å². The molecule has 0 fully saturated rings. The summed E-state index contributed by atoms with van der Waals surface area (Å²) in [5, 5.41) is 20.5. The fourth-order valence-corrected chi connectivity index (χ4v) is 4.93. The summed E-state index contributed by atoms with van der Waals surface area (Å²) in [6.45, 7) is 0. The lowest BCUT2D eigenvalue weighted by Gasteiger charge is -2.00. The number of hydrogen-bond donors (Lipinski definition) is 0. The topological polar surface area (TPSA) is 117 Å². The second-order valence-corrected chi connectivity index (χ2v) is 9.30. The van der Waals surface area contributed by atoms with Crippen LogP contribution < -0.4 is 14.8 Å². The van der Waals surface area contributed by atoms with Crippen LogP contribution in [0.2, 0.25) is 0 Å². The molecule has 0 N–H and O–H groups in total. The van der Waals surface area contributed by atoms with Gasteiger partial charge in [-0.1, -0.05) is 41.7 Å². The van der Waals surface area contributed by atoms with Crippen molar-refractivity contribution in [3.05, 3.63) is 116 Å². The Morgan fingerprint density at radius 2 is 1.76 bits per heavy atom. The number of aromatic nitrogens is 5. The summed E-state index contributed by atoms with van der Waals surface area (Å²) in [4.78, 5) is 29.2. The molecule has 10 nitrogen and oxygen atoms in total. The predicted octanol–water partition coefficient (Wildman–Crippen LogP) is 4.14. The predicted molar refractivity (Wildman–Crippen MR) is 144 cm³/mol. The van der Waals surface area contributed by atoms with E-state index < -0.39 is 4.92 Å². The molecule has 0 spiro atoms. The summed E-state index contributed by atoms with van der Waals surface area (Å²) in [6, 6.07) is 23.0. The normalized spacial score (nSPS) is 11.8. The van der Waals surface area contributed by atoms with Gasteiger partial charge in [-0.3, -0.25) is 14.9 Å². The highest BCUT2D eigenvalue weighted by Crippen LogP contribution is 2.27. The van der Waals surface area contributed by atoms with E-state index in [1.165, 1.54) is 28.0 Å². The van der Waals surface area contributed by atoms with Crippen molar-refractivity contribution in [2.24, 2.45) is 0 Å². The highest BCUT2D eigenvalue weighted by atomic mass is 32.1. The van der Waals surface area contributed by atoms with E-state index in [9.17, 15) is 14.9 Å². The minimum absolute atomic E-state index is 0.0444. The van der Waals surface area contributed by atoms with Crippen molar-refractivity contribution in [3.63, 3.8) is 0 Å². The van der Waals surface area contributed by atoms with Crippen molar-refractivity contribution in [1.29, 1.82) is 0 Å². The van der Waals surface area contributed by atoms with Crippen LogP contribution in [-0.2, 0) is 0 Å². The summed E-state index contributed by atoms with van der Waals surface area (Å²) in [5.41, 5.74) is 2.93. The Labute approximate surface area is 218 Å². The van der Waals surface area contributed by atoms with Gasteiger partial charge in [0.2, 0.25) is 4.96 Å². The summed E-state index contributed by atoms with van der Waals surface area (Å²) in [6.07, 6.45) is 3.51. The molecule has 0 bridgehead atoms. The molecule has 0 aliphatic rings. The van der Waals surface area contributed by atoms with Gasteiger partial charge in [0.05, 0.1) is 22.3 Å². The van der Waals surface area contributed by atoms with Crippen molar-refractivity contribution < 1.29 is 9.66 Å². The SMILES string of the molecule is COc1ccc(-c2nc3s/c(=C\c4cn(-c5ccccc5)nc4-c4cccc([N+](=O)[O-])c4)c(=O)n3n2)cc1. The molecule has 0 radical (unpaired) electrons. The largest absolute Gasteiger partial charge is 0.497 e. The molecule has 0 atom stereocenters. The minimum atomic E-state index is -0.447. The first-order chi connectivity index (χ1) is 18.5. The maximum Gasteiger partial charge on any atom is 0.291 e. The number of nitro benzene ring substituents is 1. The number of hydrogen-bond acceptors (Lipinski definition) is 8. The first kappa shape index (κ1) is 23.3. The van der Waals surface area contributed by atoms with Crippen molar-refractivity contribution in [3.8, 4) is 34.1 Å². The summed E-state index contributed by atoms with van der Waals surface area (Å²) < 4.78 is 8.58. The number of thiazole rings is 1. The van der Waals surface area contributed by atoms with Gasteiger partial charge in [-0.2, -0.15) is 14.6 Å². The summed E-state index contributed by atoms with van der Waals surface area (Å²) in [5.74, 6) is 1.16. The lowest BCUT2D eigenvalue weighted by atomic mass is 10.1. The van der Waals surface area contributed by atoms with Crippen LogP contribution in [0.4, 0.5) is 5.69 Å². The van der Waals surface area contributed by atoms with E-state index in [0.29, 0.717) is 37.9 Å². The standard InChI is InChI=1S/C27H18N6O4S/c1-37-22-12-10-17(11-13-22)25-28-27-32(30-25)26(34)23(38-27)15-19-16-31(20-7-3-2-4-8-20)29-24(19)18-6-5-9-21(14-18)33(35)36/h2-16H,1H3/b23-15-. The molecular formula is C27H18N6O4S. The van der Waals surface area contributed by atoms with Crippen LogP contribution in [0.1, 0.15) is 5.56 Å². The average molecular weight is 523 g/mol. The molecule has 186 valence electrons. The first-order valence-corrected chi connectivity index (χ1v) is 12.3. The highest BCUT2D eigenvalue weighted by molar-refractivity contribution is 7.15. The van der Waals surface area contributed by atoms with Gasteiger partial charge in [-0.05, 0) is 42.5 Å². The summed E-state index contributed by atoms with van der Waals surface area (Å²) >= 11 is 1.21. The van der Waals surface area contributed by atoms with Crippen LogP contribution in [0, 0.1) is 10.1 Å². The second-order valence-electron chi connectivity index (χ2n) is 8.29. The Bertz CT molecular complexity index is 1910. The molecular weight excluding hydrogens is 504 g/mol. The quantitative estimate of drug-likeness (QED) is 0.238. The number of ether oxygens (including phenoxy) is 1. The summed E-state index contributed by atoms with van der Waals surface area (Å²) in [7, 11) is 1.59.